The van der Waals surface area contributed by atoms with Gasteiger partial charge in [-0.3, -0.25) is 0 Å². The molecule has 0 radical (unpaired) electrons. The van der Waals surface area contributed by atoms with Crippen LogP contribution in [0.3, 0.4) is 0 Å². The maximum atomic E-state index is 7.01. The number of fused-ring (bicyclic) bond motifs is 1. The van der Waals surface area contributed by atoms with Crippen LogP contribution >= 0.6 is 0 Å². The van der Waals surface area contributed by atoms with Gasteiger partial charge in [-0.05, 0) is 43.0 Å². The van der Waals surface area contributed by atoms with Gasteiger partial charge in [0.25, 0.3) is 0 Å². The third-order valence-electron chi connectivity index (χ3n) is 9.93. The fourth-order valence-corrected chi connectivity index (χ4v) is 7.30. The van der Waals surface area contributed by atoms with Crippen molar-refractivity contribution in [1.29, 1.82) is 0 Å². The SMILES string of the molecule is CO[C@H]1O[C@@H](C)[C@H](OC2O[C@H](COCc3ccccc3)[C@@H](OCc3ccccc3)[C@H](OCc3ccccc3)[C@H]2OCc2ccccc2)[C@H]2OC(C)(C)O[C@@H]12. The highest BCUT2D eigenvalue weighted by atomic mass is 16.8. The molecular formula is C44H52O10. The van der Waals surface area contributed by atoms with Crippen LogP contribution in [0.1, 0.15) is 43.0 Å². The minimum Gasteiger partial charge on any atom is -0.374 e. The molecule has 0 saturated carbocycles. The minimum absolute atomic E-state index is 0.214. The third-order valence-corrected chi connectivity index (χ3v) is 9.93. The van der Waals surface area contributed by atoms with Crippen molar-refractivity contribution in [3.63, 3.8) is 0 Å². The van der Waals surface area contributed by atoms with Gasteiger partial charge in [-0.15, -0.1) is 0 Å². The van der Waals surface area contributed by atoms with Gasteiger partial charge >= 0.3 is 0 Å². The Morgan fingerprint density at radius 3 is 1.50 bits per heavy atom. The highest BCUT2D eigenvalue weighted by Crippen LogP contribution is 2.41. The molecule has 54 heavy (non-hydrogen) atoms. The molecule has 0 bridgehead atoms. The van der Waals surface area contributed by atoms with Crippen molar-refractivity contribution in [2.24, 2.45) is 0 Å². The zero-order chi connectivity index (χ0) is 37.3. The van der Waals surface area contributed by atoms with Gasteiger partial charge < -0.3 is 47.4 Å². The van der Waals surface area contributed by atoms with Crippen LogP contribution in [0.25, 0.3) is 0 Å². The lowest BCUT2D eigenvalue weighted by molar-refractivity contribution is -0.359. The van der Waals surface area contributed by atoms with E-state index in [1.165, 1.54) is 0 Å². The van der Waals surface area contributed by atoms with Crippen LogP contribution in [-0.2, 0) is 73.8 Å². The van der Waals surface area contributed by atoms with Crippen molar-refractivity contribution in [2.45, 2.75) is 114 Å². The highest BCUT2D eigenvalue weighted by molar-refractivity contribution is 5.16. The lowest BCUT2D eigenvalue weighted by Crippen LogP contribution is -2.64. The molecule has 3 aliphatic heterocycles. The van der Waals surface area contributed by atoms with Gasteiger partial charge in [-0.2, -0.15) is 0 Å². The van der Waals surface area contributed by atoms with Crippen molar-refractivity contribution in [3.05, 3.63) is 144 Å². The topological polar surface area (TPSA) is 92.3 Å². The molecule has 10 heteroatoms. The van der Waals surface area contributed by atoms with E-state index in [2.05, 4.69) is 0 Å². The smallest absolute Gasteiger partial charge is 0.187 e. The molecule has 0 aromatic heterocycles. The third kappa shape index (κ3) is 9.82. The van der Waals surface area contributed by atoms with E-state index in [9.17, 15) is 0 Å². The highest BCUT2D eigenvalue weighted by Gasteiger charge is 2.57. The first-order chi connectivity index (χ1) is 26.4. The summed E-state index contributed by atoms with van der Waals surface area (Å²) in [5.41, 5.74) is 4.09. The molecule has 10 atom stereocenters. The van der Waals surface area contributed by atoms with Crippen molar-refractivity contribution in [1.82, 2.24) is 0 Å². The number of methoxy groups -OCH3 is 1. The van der Waals surface area contributed by atoms with Crippen molar-refractivity contribution < 1.29 is 47.4 Å². The molecule has 288 valence electrons. The molecule has 0 amide bonds. The van der Waals surface area contributed by atoms with E-state index in [-0.39, 0.29) is 6.61 Å². The molecular weight excluding hydrogens is 688 g/mol. The molecule has 3 fully saturated rings. The molecule has 1 unspecified atom stereocenters. The molecule has 0 N–H and O–H groups in total. The molecule has 3 heterocycles. The predicted octanol–water partition coefficient (Wildman–Crippen LogP) is 6.98. The van der Waals surface area contributed by atoms with Crippen molar-refractivity contribution >= 4 is 0 Å². The van der Waals surface area contributed by atoms with Crippen LogP contribution in [0.2, 0.25) is 0 Å². The van der Waals surface area contributed by atoms with Crippen LogP contribution in [0.15, 0.2) is 121 Å². The second kappa shape index (κ2) is 18.4. The molecule has 0 aliphatic carbocycles. The monoisotopic (exact) mass is 740 g/mol. The maximum Gasteiger partial charge on any atom is 0.187 e. The first-order valence-electron chi connectivity index (χ1n) is 18.8. The Labute approximate surface area is 318 Å². The summed E-state index contributed by atoms with van der Waals surface area (Å²) in [4.78, 5) is 0. The van der Waals surface area contributed by atoms with Crippen molar-refractivity contribution in [3.8, 4) is 0 Å². The summed E-state index contributed by atoms with van der Waals surface area (Å²) in [6, 6.07) is 40.2. The van der Waals surface area contributed by atoms with Gasteiger partial charge in [-0.1, -0.05) is 121 Å². The van der Waals surface area contributed by atoms with E-state index in [1.54, 1.807) is 7.11 Å². The van der Waals surface area contributed by atoms with Crippen LogP contribution in [0.4, 0.5) is 0 Å². The van der Waals surface area contributed by atoms with Crippen LogP contribution in [0.5, 0.6) is 0 Å². The molecule has 3 saturated heterocycles. The largest absolute Gasteiger partial charge is 0.374 e. The van der Waals surface area contributed by atoms with Crippen LogP contribution in [0, 0.1) is 0 Å². The number of hydrogen-bond donors (Lipinski definition) is 0. The Bertz CT molecular complexity index is 1680. The lowest BCUT2D eigenvalue weighted by atomic mass is 9.96. The minimum atomic E-state index is -0.931. The molecule has 0 spiro atoms. The van der Waals surface area contributed by atoms with E-state index in [4.69, 9.17) is 47.4 Å². The number of ether oxygens (including phenoxy) is 10. The number of rotatable bonds is 16. The number of benzene rings is 4. The molecule has 4 aromatic carbocycles. The summed E-state index contributed by atoms with van der Waals surface area (Å²) in [6.07, 6.45) is -6.18. The summed E-state index contributed by atoms with van der Waals surface area (Å²) in [6.45, 7) is 7.27. The average Bonchev–Trinajstić information content (AvgIpc) is 3.53. The van der Waals surface area contributed by atoms with E-state index in [1.807, 2.05) is 142 Å². The summed E-state index contributed by atoms with van der Waals surface area (Å²) in [5.74, 6) is -0.872. The van der Waals surface area contributed by atoms with E-state index < -0.39 is 67.2 Å². The Kier molecular flexibility index (Phi) is 13.2. The van der Waals surface area contributed by atoms with Gasteiger partial charge in [0.05, 0.1) is 39.1 Å². The van der Waals surface area contributed by atoms with Crippen LogP contribution < -0.4 is 0 Å². The summed E-state index contributed by atoms with van der Waals surface area (Å²) >= 11 is 0. The zero-order valence-corrected chi connectivity index (χ0v) is 31.4. The van der Waals surface area contributed by atoms with Gasteiger partial charge in [0.15, 0.2) is 18.4 Å². The lowest BCUT2D eigenvalue weighted by Gasteiger charge is -2.48. The Morgan fingerprint density at radius 1 is 0.519 bits per heavy atom. The second-order valence-electron chi connectivity index (χ2n) is 14.4. The summed E-state index contributed by atoms with van der Waals surface area (Å²) in [7, 11) is 1.60. The fourth-order valence-electron chi connectivity index (χ4n) is 7.30. The van der Waals surface area contributed by atoms with E-state index >= 15 is 0 Å². The quantitative estimate of drug-likeness (QED) is 0.120. The Balaban J connectivity index is 1.22. The van der Waals surface area contributed by atoms with Gasteiger partial charge in [0.1, 0.15) is 42.7 Å². The van der Waals surface area contributed by atoms with Gasteiger partial charge in [0.2, 0.25) is 0 Å². The predicted molar refractivity (Wildman–Crippen MR) is 200 cm³/mol. The molecule has 3 aliphatic rings. The maximum absolute atomic E-state index is 7.01. The molecule has 4 aromatic rings. The zero-order valence-electron chi connectivity index (χ0n) is 31.4. The van der Waals surface area contributed by atoms with E-state index in [0.717, 1.165) is 22.3 Å². The Hall–Kier alpha value is -3.52. The first kappa shape index (κ1) is 38.7. The first-order valence-corrected chi connectivity index (χ1v) is 18.8. The Morgan fingerprint density at radius 2 is 0.981 bits per heavy atom. The summed E-state index contributed by atoms with van der Waals surface area (Å²) in [5, 5.41) is 0. The molecule has 10 nitrogen and oxygen atoms in total. The average molecular weight is 741 g/mol. The standard InChI is InChI=1S/C44H52O10/c1-30-36(39-41(42(45-4)50-30)54-44(2,3)53-39)52-43-40(49-28-34-23-15-8-16-24-34)38(48-27-33-21-13-7-14-22-33)37(47-26-32-19-11-6-12-20-32)35(51-43)29-46-25-31-17-9-5-10-18-31/h5-24,30,35-43H,25-29H2,1-4H3/t30-,35+,36-,37+,38-,39+,40+,41+,42-,43?/m0/s1. The fraction of sp³-hybridized carbons (Fsp3) is 0.455. The van der Waals surface area contributed by atoms with Crippen molar-refractivity contribution in [2.75, 3.05) is 13.7 Å². The van der Waals surface area contributed by atoms with E-state index in [0.29, 0.717) is 26.4 Å². The van der Waals surface area contributed by atoms with Gasteiger partial charge in [-0.25, -0.2) is 0 Å². The van der Waals surface area contributed by atoms with Crippen LogP contribution in [-0.4, -0.2) is 80.9 Å². The summed E-state index contributed by atoms with van der Waals surface area (Å²) < 4.78 is 65.6. The van der Waals surface area contributed by atoms with Gasteiger partial charge in [0, 0.05) is 7.11 Å². The normalized spacial score (nSPS) is 30.5. The molecule has 7 rings (SSSR count). The number of hydrogen-bond acceptors (Lipinski definition) is 10. The second-order valence-corrected chi connectivity index (χ2v) is 14.4.